The lowest BCUT2D eigenvalue weighted by Crippen LogP contribution is -2.30. The third-order valence-electron chi connectivity index (χ3n) is 11.6. The van der Waals surface area contributed by atoms with Gasteiger partial charge < -0.3 is 14.2 Å². The summed E-state index contributed by atoms with van der Waals surface area (Å²) < 4.78 is 16.8. The Labute approximate surface area is 361 Å². The summed E-state index contributed by atoms with van der Waals surface area (Å²) in [4.78, 5) is 37.9. The van der Waals surface area contributed by atoms with Gasteiger partial charge in [-0.05, 0) is 37.0 Å². The van der Waals surface area contributed by atoms with Crippen LogP contribution in [0.2, 0.25) is 0 Å². The zero-order valence-electron chi connectivity index (χ0n) is 39.8. The van der Waals surface area contributed by atoms with E-state index in [4.69, 9.17) is 14.2 Å². The lowest BCUT2D eigenvalue weighted by atomic mass is 10.0. The molecular formula is C52H100O6. The summed E-state index contributed by atoms with van der Waals surface area (Å²) in [6.07, 6.45) is 42.5. The molecule has 0 aliphatic carbocycles. The van der Waals surface area contributed by atoms with Crippen LogP contribution in [0.15, 0.2) is 0 Å². The van der Waals surface area contributed by atoms with Crippen LogP contribution in [0.25, 0.3) is 0 Å². The van der Waals surface area contributed by atoms with Gasteiger partial charge >= 0.3 is 17.9 Å². The molecule has 0 aliphatic heterocycles. The molecule has 0 aromatic carbocycles. The molecule has 1 atom stereocenters. The summed E-state index contributed by atoms with van der Waals surface area (Å²) in [7, 11) is 0. The molecule has 0 saturated carbocycles. The smallest absolute Gasteiger partial charge is 0.306 e. The number of hydrogen-bond acceptors (Lipinski definition) is 6. The van der Waals surface area contributed by atoms with E-state index in [1.165, 1.54) is 161 Å². The van der Waals surface area contributed by atoms with Gasteiger partial charge in [0.25, 0.3) is 0 Å². The SMILES string of the molecule is CC(C)CCCCCCCCCCCCCCCC(=O)OC[C@@H](COC(=O)CCCCCCCCC(C)C)OC(=O)CCCCCCCCCCCCCCC(C)C. The topological polar surface area (TPSA) is 78.9 Å². The van der Waals surface area contributed by atoms with Crippen LogP contribution in [-0.4, -0.2) is 37.2 Å². The van der Waals surface area contributed by atoms with Crippen molar-refractivity contribution in [3.8, 4) is 0 Å². The molecule has 344 valence electrons. The maximum absolute atomic E-state index is 12.8. The van der Waals surface area contributed by atoms with Crippen molar-refractivity contribution in [1.82, 2.24) is 0 Å². The van der Waals surface area contributed by atoms with E-state index in [9.17, 15) is 14.4 Å². The minimum atomic E-state index is -0.763. The largest absolute Gasteiger partial charge is 0.462 e. The molecule has 0 aliphatic rings. The average Bonchev–Trinajstić information content (AvgIpc) is 3.18. The minimum Gasteiger partial charge on any atom is -0.462 e. The first-order chi connectivity index (χ1) is 28.1. The molecule has 0 spiro atoms. The Morgan fingerprint density at radius 2 is 0.500 bits per heavy atom. The van der Waals surface area contributed by atoms with Crippen LogP contribution in [0, 0.1) is 17.8 Å². The van der Waals surface area contributed by atoms with Gasteiger partial charge in [0.2, 0.25) is 0 Å². The molecule has 0 amide bonds. The van der Waals surface area contributed by atoms with Gasteiger partial charge in [-0.2, -0.15) is 0 Å². The van der Waals surface area contributed by atoms with Crippen molar-refractivity contribution in [2.45, 2.75) is 285 Å². The molecule has 6 nitrogen and oxygen atoms in total. The third kappa shape index (κ3) is 45.5. The fourth-order valence-electron chi connectivity index (χ4n) is 7.76. The molecule has 0 fully saturated rings. The van der Waals surface area contributed by atoms with Crippen molar-refractivity contribution in [1.29, 1.82) is 0 Å². The molecular weight excluding hydrogens is 721 g/mol. The molecule has 0 bridgehead atoms. The first kappa shape index (κ1) is 56.4. The predicted molar refractivity (Wildman–Crippen MR) is 247 cm³/mol. The monoisotopic (exact) mass is 821 g/mol. The molecule has 0 N–H and O–H groups in total. The van der Waals surface area contributed by atoms with E-state index < -0.39 is 6.10 Å². The van der Waals surface area contributed by atoms with Gasteiger partial charge in [0.05, 0.1) is 0 Å². The first-order valence-electron chi connectivity index (χ1n) is 25.6. The van der Waals surface area contributed by atoms with E-state index >= 15 is 0 Å². The standard InChI is InChI=1S/C52H100O6/c1-46(2)38-32-26-20-16-12-8-7-9-14-18-22-29-35-41-50(53)56-44-49(45-57-51(54)42-36-30-25-24-28-34-40-48(5)6)58-52(55)43-37-31-23-19-15-11-10-13-17-21-27-33-39-47(3)4/h46-49H,7-45H2,1-6H3/t49-/m0/s1. The van der Waals surface area contributed by atoms with Crippen LogP contribution in [0.1, 0.15) is 279 Å². The predicted octanol–water partition coefficient (Wildman–Crippen LogP) is 16.4. The molecule has 0 saturated heterocycles. The van der Waals surface area contributed by atoms with Gasteiger partial charge in [0, 0.05) is 19.3 Å². The second kappa shape index (κ2) is 43.5. The molecule has 0 radical (unpaired) electrons. The average molecular weight is 821 g/mol. The molecule has 6 heteroatoms. The number of hydrogen-bond donors (Lipinski definition) is 0. The summed E-state index contributed by atoms with van der Waals surface area (Å²) in [6, 6.07) is 0. The second-order valence-corrected chi connectivity index (χ2v) is 19.2. The van der Waals surface area contributed by atoms with Crippen LogP contribution >= 0.6 is 0 Å². The van der Waals surface area contributed by atoms with Gasteiger partial charge in [-0.25, -0.2) is 0 Å². The number of carbonyl (C=O) groups excluding carboxylic acids is 3. The first-order valence-corrected chi connectivity index (χ1v) is 25.6. The highest BCUT2D eigenvalue weighted by molar-refractivity contribution is 5.71. The summed E-state index contributed by atoms with van der Waals surface area (Å²) in [5.74, 6) is 1.58. The normalized spacial score (nSPS) is 12.2. The van der Waals surface area contributed by atoms with Gasteiger partial charge in [0.1, 0.15) is 13.2 Å². The van der Waals surface area contributed by atoms with Crippen LogP contribution in [0.3, 0.4) is 0 Å². The molecule has 0 rings (SSSR count). The number of rotatable bonds is 45. The Hall–Kier alpha value is -1.59. The van der Waals surface area contributed by atoms with E-state index in [1.54, 1.807) is 0 Å². The van der Waals surface area contributed by atoms with Gasteiger partial charge in [-0.15, -0.1) is 0 Å². The lowest BCUT2D eigenvalue weighted by Gasteiger charge is -2.18. The molecule has 58 heavy (non-hydrogen) atoms. The minimum absolute atomic E-state index is 0.0654. The van der Waals surface area contributed by atoms with Crippen LogP contribution in [0.4, 0.5) is 0 Å². The molecule has 0 heterocycles. The van der Waals surface area contributed by atoms with Crippen molar-refractivity contribution in [2.75, 3.05) is 13.2 Å². The Morgan fingerprint density at radius 1 is 0.293 bits per heavy atom. The Kier molecular flexibility index (Phi) is 42.3. The fraction of sp³-hybridized carbons (Fsp3) is 0.942. The molecule has 0 unspecified atom stereocenters. The van der Waals surface area contributed by atoms with Gasteiger partial charge in [0.15, 0.2) is 6.10 Å². The number of unbranched alkanes of at least 4 members (excludes halogenated alkanes) is 28. The van der Waals surface area contributed by atoms with Crippen molar-refractivity contribution >= 4 is 17.9 Å². The maximum atomic E-state index is 12.8. The Bertz CT molecular complexity index is 898. The zero-order valence-corrected chi connectivity index (χ0v) is 39.8. The third-order valence-corrected chi connectivity index (χ3v) is 11.6. The molecule has 0 aromatic heterocycles. The van der Waals surface area contributed by atoms with Crippen LogP contribution in [-0.2, 0) is 28.6 Å². The number of carbonyl (C=O) groups is 3. The Balaban J connectivity index is 4.28. The summed E-state index contributed by atoms with van der Waals surface area (Å²) in [6.45, 7) is 13.7. The highest BCUT2D eigenvalue weighted by atomic mass is 16.6. The van der Waals surface area contributed by atoms with Gasteiger partial charge in [-0.1, -0.05) is 241 Å². The Morgan fingerprint density at radius 3 is 0.741 bits per heavy atom. The van der Waals surface area contributed by atoms with Crippen LogP contribution < -0.4 is 0 Å². The van der Waals surface area contributed by atoms with Crippen molar-refractivity contribution in [2.24, 2.45) is 17.8 Å². The van der Waals surface area contributed by atoms with E-state index in [0.717, 1.165) is 75.5 Å². The van der Waals surface area contributed by atoms with Gasteiger partial charge in [-0.3, -0.25) is 14.4 Å². The van der Waals surface area contributed by atoms with E-state index in [1.807, 2.05) is 0 Å². The van der Waals surface area contributed by atoms with Crippen molar-refractivity contribution in [3.05, 3.63) is 0 Å². The highest BCUT2D eigenvalue weighted by Crippen LogP contribution is 2.17. The summed E-state index contributed by atoms with van der Waals surface area (Å²) in [5, 5.41) is 0. The summed E-state index contributed by atoms with van der Waals surface area (Å²) in [5.41, 5.74) is 0. The number of esters is 3. The molecule has 0 aromatic rings. The van der Waals surface area contributed by atoms with Crippen molar-refractivity contribution < 1.29 is 28.6 Å². The van der Waals surface area contributed by atoms with Crippen LogP contribution in [0.5, 0.6) is 0 Å². The quantitative estimate of drug-likeness (QED) is 0.0346. The lowest BCUT2D eigenvalue weighted by molar-refractivity contribution is -0.167. The van der Waals surface area contributed by atoms with E-state index in [2.05, 4.69) is 41.5 Å². The summed E-state index contributed by atoms with van der Waals surface area (Å²) >= 11 is 0. The zero-order chi connectivity index (χ0) is 42.7. The highest BCUT2D eigenvalue weighted by Gasteiger charge is 2.19. The van der Waals surface area contributed by atoms with E-state index in [0.29, 0.717) is 19.3 Å². The second-order valence-electron chi connectivity index (χ2n) is 19.2. The van der Waals surface area contributed by atoms with Crippen molar-refractivity contribution in [3.63, 3.8) is 0 Å². The fourth-order valence-corrected chi connectivity index (χ4v) is 7.76. The maximum Gasteiger partial charge on any atom is 0.306 e. The van der Waals surface area contributed by atoms with E-state index in [-0.39, 0.29) is 31.1 Å². The number of ether oxygens (including phenoxy) is 3.